The predicted molar refractivity (Wildman–Crippen MR) is 92.4 cm³/mol. The molecular formula is C20H24N2O. The summed E-state index contributed by atoms with van der Waals surface area (Å²) < 4.78 is 5.79. The third-order valence-electron chi connectivity index (χ3n) is 4.91. The maximum Gasteiger partial charge on any atom is 0.0677 e. The van der Waals surface area contributed by atoms with Gasteiger partial charge in [-0.2, -0.15) is 0 Å². The van der Waals surface area contributed by atoms with E-state index in [0.717, 1.165) is 26.3 Å². The quantitative estimate of drug-likeness (QED) is 0.943. The Morgan fingerprint density at radius 2 is 1.57 bits per heavy atom. The van der Waals surface area contributed by atoms with Crippen molar-refractivity contribution in [2.75, 3.05) is 26.3 Å². The maximum absolute atomic E-state index is 5.79. The molecule has 2 aromatic carbocycles. The molecule has 0 saturated carbocycles. The molecule has 1 spiro atoms. The van der Waals surface area contributed by atoms with Crippen molar-refractivity contribution in [2.24, 2.45) is 0 Å². The van der Waals surface area contributed by atoms with Crippen molar-refractivity contribution < 1.29 is 4.74 Å². The fourth-order valence-corrected chi connectivity index (χ4v) is 4.02. The first-order valence-electron chi connectivity index (χ1n) is 8.45. The second-order valence-corrected chi connectivity index (χ2v) is 6.97. The Labute approximate surface area is 138 Å². The molecule has 0 bridgehead atoms. The van der Waals surface area contributed by atoms with Crippen molar-refractivity contribution in [1.29, 1.82) is 0 Å². The van der Waals surface area contributed by atoms with Gasteiger partial charge in [-0.3, -0.25) is 4.90 Å². The highest BCUT2D eigenvalue weighted by atomic mass is 16.5. The average molecular weight is 308 g/mol. The van der Waals surface area contributed by atoms with Crippen LogP contribution in [-0.2, 0) is 4.74 Å². The second kappa shape index (κ2) is 6.08. The van der Waals surface area contributed by atoms with Gasteiger partial charge in [0.05, 0.1) is 24.8 Å². The summed E-state index contributed by atoms with van der Waals surface area (Å²) in [6, 6.07) is 22.4. The lowest BCUT2D eigenvalue weighted by atomic mass is 9.84. The first kappa shape index (κ1) is 14.9. The Morgan fingerprint density at radius 3 is 2.09 bits per heavy atom. The van der Waals surface area contributed by atoms with Gasteiger partial charge in [-0.25, -0.2) is 0 Å². The molecule has 0 aromatic heterocycles. The Balaban J connectivity index is 1.58. The number of rotatable bonds is 3. The molecule has 0 amide bonds. The zero-order valence-electron chi connectivity index (χ0n) is 13.6. The molecule has 2 saturated heterocycles. The molecule has 1 N–H and O–H groups in total. The highest BCUT2D eigenvalue weighted by molar-refractivity contribution is 5.33. The molecule has 2 aliphatic heterocycles. The molecule has 0 radical (unpaired) electrons. The van der Waals surface area contributed by atoms with Gasteiger partial charge >= 0.3 is 0 Å². The molecule has 4 rings (SSSR count). The van der Waals surface area contributed by atoms with Crippen LogP contribution in [0.3, 0.4) is 0 Å². The monoisotopic (exact) mass is 308 g/mol. The number of benzene rings is 2. The summed E-state index contributed by atoms with van der Waals surface area (Å²) in [7, 11) is 0. The van der Waals surface area contributed by atoms with E-state index in [4.69, 9.17) is 4.74 Å². The van der Waals surface area contributed by atoms with Crippen molar-refractivity contribution in [1.82, 2.24) is 10.2 Å². The molecule has 2 heterocycles. The number of likely N-dealkylation sites (tertiary alicyclic amines) is 1. The van der Waals surface area contributed by atoms with Crippen LogP contribution in [0.25, 0.3) is 0 Å². The molecule has 2 aliphatic rings. The van der Waals surface area contributed by atoms with Crippen LogP contribution < -0.4 is 5.32 Å². The highest BCUT2D eigenvalue weighted by Crippen LogP contribution is 2.37. The van der Waals surface area contributed by atoms with E-state index in [9.17, 15) is 0 Å². The molecule has 23 heavy (non-hydrogen) atoms. The normalized spacial score (nSPS) is 23.8. The molecule has 2 fully saturated rings. The minimum absolute atomic E-state index is 0.138. The van der Waals surface area contributed by atoms with Gasteiger partial charge in [-0.1, -0.05) is 60.7 Å². The van der Waals surface area contributed by atoms with E-state index in [1.165, 1.54) is 11.1 Å². The third kappa shape index (κ3) is 2.92. The van der Waals surface area contributed by atoms with Gasteiger partial charge in [-0.15, -0.1) is 0 Å². The van der Waals surface area contributed by atoms with Crippen molar-refractivity contribution >= 4 is 0 Å². The van der Waals surface area contributed by atoms with Gasteiger partial charge in [0, 0.05) is 19.1 Å². The van der Waals surface area contributed by atoms with Crippen LogP contribution in [0.5, 0.6) is 0 Å². The average Bonchev–Trinajstić information content (AvgIpc) is 2.56. The number of nitrogens with zero attached hydrogens (tertiary/aromatic N) is 1. The Kier molecular flexibility index (Phi) is 3.93. The van der Waals surface area contributed by atoms with Gasteiger partial charge in [-0.05, 0) is 18.1 Å². The number of hydrogen-bond acceptors (Lipinski definition) is 3. The molecule has 3 nitrogen and oxygen atoms in total. The predicted octanol–water partition coefficient (Wildman–Crippen LogP) is 2.84. The Morgan fingerprint density at radius 1 is 1.00 bits per heavy atom. The topological polar surface area (TPSA) is 24.5 Å². The standard InChI is InChI=1S/C20H24N2O/c1-16-12-23-15-20(21-16)13-22(14-20)19(17-8-4-2-5-9-17)18-10-6-3-7-11-18/h2-11,16,19,21H,12-15H2,1H3. The van der Waals surface area contributed by atoms with Crippen LogP contribution in [-0.4, -0.2) is 42.8 Å². The molecule has 1 unspecified atom stereocenters. The van der Waals surface area contributed by atoms with Crippen molar-refractivity contribution in [3.8, 4) is 0 Å². The lowest BCUT2D eigenvalue weighted by Crippen LogP contribution is -2.75. The summed E-state index contributed by atoms with van der Waals surface area (Å²) in [6.45, 7) is 5.92. The lowest BCUT2D eigenvalue weighted by molar-refractivity contribution is -0.0838. The SMILES string of the molecule is CC1COCC2(CN(C(c3ccccc3)c3ccccc3)C2)N1. The van der Waals surface area contributed by atoms with E-state index in [1.807, 2.05) is 0 Å². The van der Waals surface area contributed by atoms with Crippen LogP contribution in [0, 0.1) is 0 Å². The number of hydrogen-bond donors (Lipinski definition) is 1. The van der Waals surface area contributed by atoms with E-state index in [2.05, 4.69) is 77.8 Å². The Hall–Kier alpha value is -1.68. The molecular weight excluding hydrogens is 284 g/mol. The van der Waals surface area contributed by atoms with Crippen LogP contribution in [0.15, 0.2) is 60.7 Å². The van der Waals surface area contributed by atoms with Crippen LogP contribution in [0.2, 0.25) is 0 Å². The summed E-state index contributed by atoms with van der Waals surface area (Å²) in [6.07, 6.45) is 0. The highest BCUT2D eigenvalue weighted by Gasteiger charge is 2.48. The molecule has 1 atom stereocenters. The smallest absolute Gasteiger partial charge is 0.0677 e. The zero-order valence-corrected chi connectivity index (χ0v) is 13.6. The number of ether oxygens (including phenoxy) is 1. The van der Waals surface area contributed by atoms with E-state index in [0.29, 0.717) is 12.1 Å². The summed E-state index contributed by atoms with van der Waals surface area (Å²) >= 11 is 0. The Bertz CT molecular complexity index is 598. The number of nitrogens with one attached hydrogen (secondary N) is 1. The van der Waals surface area contributed by atoms with Gasteiger partial charge in [0.25, 0.3) is 0 Å². The van der Waals surface area contributed by atoms with E-state index in [-0.39, 0.29) is 5.54 Å². The summed E-state index contributed by atoms with van der Waals surface area (Å²) in [5.41, 5.74) is 2.86. The molecule has 120 valence electrons. The van der Waals surface area contributed by atoms with Crippen molar-refractivity contribution in [2.45, 2.75) is 24.5 Å². The second-order valence-electron chi connectivity index (χ2n) is 6.97. The third-order valence-corrected chi connectivity index (χ3v) is 4.91. The molecule has 0 aliphatic carbocycles. The molecule has 2 aromatic rings. The fraction of sp³-hybridized carbons (Fsp3) is 0.400. The van der Waals surface area contributed by atoms with Crippen molar-refractivity contribution in [3.63, 3.8) is 0 Å². The van der Waals surface area contributed by atoms with E-state index < -0.39 is 0 Å². The van der Waals surface area contributed by atoms with E-state index >= 15 is 0 Å². The maximum atomic E-state index is 5.79. The minimum Gasteiger partial charge on any atom is -0.378 e. The van der Waals surface area contributed by atoms with E-state index in [1.54, 1.807) is 0 Å². The van der Waals surface area contributed by atoms with Gasteiger partial charge in [0.2, 0.25) is 0 Å². The largest absolute Gasteiger partial charge is 0.378 e. The van der Waals surface area contributed by atoms with Crippen LogP contribution in [0.4, 0.5) is 0 Å². The van der Waals surface area contributed by atoms with Crippen LogP contribution in [0.1, 0.15) is 24.1 Å². The molecule has 3 heteroatoms. The van der Waals surface area contributed by atoms with Gasteiger partial charge in [0.1, 0.15) is 0 Å². The van der Waals surface area contributed by atoms with Crippen molar-refractivity contribution in [3.05, 3.63) is 71.8 Å². The fourth-order valence-electron chi connectivity index (χ4n) is 4.02. The first-order valence-corrected chi connectivity index (χ1v) is 8.45. The van der Waals surface area contributed by atoms with Gasteiger partial charge in [0.15, 0.2) is 0 Å². The van der Waals surface area contributed by atoms with Crippen LogP contribution >= 0.6 is 0 Å². The number of morpholine rings is 1. The lowest BCUT2D eigenvalue weighted by Gasteiger charge is -2.56. The summed E-state index contributed by atoms with van der Waals surface area (Å²) in [4.78, 5) is 2.55. The first-order chi connectivity index (χ1) is 11.3. The zero-order chi connectivity index (χ0) is 15.7. The van der Waals surface area contributed by atoms with Gasteiger partial charge < -0.3 is 10.1 Å². The summed E-state index contributed by atoms with van der Waals surface area (Å²) in [5, 5.41) is 3.75. The minimum atomic E-state index is 0.138. The summed E-state index contributed by atoms with van der Waals surface area (Å²) in [5.74, 6) is 0.